The topological polar surface area (TPSA) is 37.3 Å². The van der Waals surface area contributed by atoms with Crippen LogP contribution in [-0.2, 0) is 6.61 Å². The van der Waals surface area contributed by atoms with Crippen LogP contribution in [0.1, 0.15) is 15.9 Å². The highest BCUT2D eigenvalue weighted by Gasteiger charge is 1.95. The van der Waals surface area contributed by atoms with Gasteiger partial charge < -0.3 is 5.11 Å². The Morgan fingerprint density at radius 1 is 1.40 bits per heavy atom. The lowest BCUT2D eigenvalue weighted by molar-refractivity contribution is 0.112. The summed E-state index contributed by atoms with van der Waals surface area (Å²) in [6.45, 7) is -0.0745. The number of aliphatic hydroxyl groups is 1. The van der Waals surface area contributed by atoms with Crippen molar-refractivity contribution >= 4 is 6.29 Å². The first-order chi connectivity index (χ1) is 4.88. The Labute approximate surface area is 59.1 Å². The molecule has 1 aromatic carbocycles. The van der Waals surface area contributed by atoms with Crippen LogP contribution in [0.25, 0.3) is 0 Å². The predicted octanol–water partition coefficient (Wildman–Crippen LogP) is 0.991. The molecule has 0 amide bonds. The maximum Gasteiger partial charge on any atom is 0.150 e. The Morgan fingerprint density at radius 3 is 2.60 bits per heavy atom. The van der Waals surface area contributed by atoms with Crippen molar-refractivity contribution in [3.05, 3.63) is 35.4 Å². The van der Waals surface area contributed by atoms with Crippen LogP contribution in [0, 0.1) is 0 Å². The molecule has 0 saturated heterocycles. The van der Waals surface area contributed by atoms with Crippen molar-refractivity contribution in [1.82, 2.24) is 0 Å². The van der Waals surface area contributed by atoms with Gasteiger partial charge in [0, 0.05) is 5.56 Å². The van der Waals surface area contributed by atoms with E-state index in [1.54, 1.807) is 24.3 Å². The zero-order valence-electron chi connectivity index (χ0n) is 5.45. The van der Waals surface area contributed by atoms with Crippen LogP contribution in [0.2, 0.25) is 0 Å². The lowest BCUT2D eigenvalue weighted by atomic mass is 10.1. The smallest absolute Gasteiger partial charge is 0.150 e. The van der Waals surface area contributed by atoms with Crippen LogP contribution < -0.4 is 0 Å². The van der Waals surface area contributed by atoms with Crippen LogP contribution in [0.4, 0.5) is 0 Å². The van der Waals surface area contributed by atoms with Crippen LogP contribution in [0.15, 0.2) is 24.3 Å². The Balaban J connectivity index is 3.08. The first-order valence-electron chi connectivity index (χ1n) is 3.02. The first kappa shape index (κ1) is 6.96. The number of benzene rings is 1. The van der Waals surface area contributed by atoms with E-state index in [1.165, 1.54) is 0 Å². The summed E-state index contributed by atoms with van der Waals surface area (Å²) in [7, 11) is 0. The Morgan fingerprint density at radius 2 is 2.10 bits per heavy atom. The van der Waals surface area contributed by atoms with E-state index in [9.17, 15) is 4.79 Å². The standard InChI is InChI=1S/C8H8O2/c9-5-7-3-1-2-4-8(7)6-10/h1-5,10H,6H2. The molecule has 1 aromatic rings. The van der Waals surface area contributed by atoms with Gasteiger partial charge in [-0.1, -0.05) is 24.3 Å². The van der Waals surface area contributed by atoms with Gasteiger partial charge in [0.15, 0.2) is 0 Å². The maximum absolute atomic E-state index is 10.3. The molecule has 52 valence electrons. The van der Waals surface area contributed by atoms with Crippen LogP contribution in [0.5, 0.6) is 0 Å². The molecule has 0 heterocycles. The van der Waals surface area contributed by atoms with E-state index in [-0.39, 0.29) is 6.61 Å². The van der Waals surface area contributed by atoms with Gasteiger partial charge in [0.2, 0.25) is 0 Å². The van der Waals surface area contributed by atoms with E-state index in [1.807, 2.05) is 0 Å². The lowest BCUT2D eigenvalue weighted by Crippen LogP contribution is -1.89. The third-order valence-corrected chi connectivity index (χ3v) is 1.35. The molecular formula is C8H8O2. The zero-order chi connectivity index (χ0) is 7.40. The molecule has 2 nitrogen and oxygen atoms in total. The van der Waals surface area contributed by atoms with E-state index in [4.69, 9.17) is 5.11 Å². The summed E-state index contributed by atoms with van der Waals surface area (Å²) in [5.41, 5.74) is 1.24. The fourth-order valence-electron chi connectivity index (χ4n) is 0.793. The van der Waals surface area contributed by atoms with Gasteiger partial charge in [-0.05, 0) is 5.56 Å². The molecule has 0 unspecified atom stereocenters. The average Bonchev–Trinajstić information content (AvgIpc) is 2.04. The van der Waals surface area contributed by atoms with E-state index < -0.39 is 0 Å². The van der Waals surface area contributed by atoms with E-state index in [2.05, 4.69) is 0 Å². The normalized spacial score (nSPS) is 9.30. The van der Waals surface area contributed by atoms with Crippen molar-refractivity contribution in [3.8, 4) is 0 Å². The molecule has 0 fully saturated rings. The molecule has 0 atom stereocenters. The second kappa shape index (κ2) is 3.13. The lowest BCUT2D eigenvalue weighted by Gasteiger charge is -1.96. The van der Waals surface area contributed by atoms with Crippen LogP contribution in [0.3, 0.4) is 0 Å². The third kappa shape index (κ3) is 1.22. The summed E-state index contributed by atoms with van der Waals surface area (Å²) in [6, 6.07) is 6.96. The van der Waals surface area contributed by atoms with Crippen molar-refractivity contribution in [2.75, 3.05) is 0 Å². The molecule has 0 spiro atoms. The molecule has 0 radical (unpaired) electrons. The summed E-state index contributed by atoms with van der Waals surface area (Å²) in [5.74, 6) is 0. The molecule has 0 saturated carbocycles. The quantitative estimate of drug-likeness (QED) is 0.615. The van der Waals surface area contributed by atoms with Gasteiger partial charge in [-0.15, -0.1) is 0 Å². The number of aliphatic hydroxyl groups excluding tert-OH is 1. The van der Waals surface area contributed by atoms with Crippen molar-refractivity contribution < 1.29 is 9.90 Å². The summed E-state index contributed by atoms with van der Waals surface area (Å²) in [5, 5.41) is 8.69. The van der Waals surface area contributed by atoms with E-state index in [0.717, 1.165) is 6.29 Å². The molecule has 0 aliphatic rings. The third-order valence-electron chi connectivity index (χ3n) is 1.35. The van der Waals surface area contributed by atoms with Crippen LogP contribution in [-0.4, -0.2) is 11.4 Å². The minimum atomic E-state index is -0.0745. The zero-order valence-corrected chi connectivity index (χ0v) is 5.45. The van der Waals surface area contributed by atoms with Crippen molar-refractivity contribution in [3.63, 3.8) is 0 Å². The minimum absolute atomic E-state index is 0.0745. The predicted molar refractivity (Wildman–Crippen MR) is 37.8 cm³/mol. The number of carbonyl (C=O) groups is 1. The summed E-state index contributed by atoms with van der Waals surface area (Å²) in [6.07, 6.45) is 0.742. The monoisotopic (exact) mass is 136 g/mol. The van der Waals surface area contributed by atoms with Gasteiger partial charge in [-0.2, -0.15) is 0 Å². The summed E-state index contributed by atoms with van der Waals surface area (Å²) in [4.78, 5) is 10.3. The molecule has 0 bridgehead atoms. The molecule has 10 heavy (non-hydrogen) atoms. The highest BCUT2D eigenvalue weighted by molar-refractivity contribution is 5.76. The van der Waals surface area contributed by atoms with E-state index >= 15 is 0 Å². The fourth-order valence-corrected chi connectivity index (χ4v) is 0.793. The molecule has 0 aromatic heterocycles. The van der Waals surface area contributed by atoms with Gasteiger partial charge in [0.1, 0.15) is 6.29 Å². The molecule has 0 aliphatic heterocycles. The van der Waals surface area contributed by atoms with Gasteiger partial charge in [0.05, 0.1) is 6.61 Å². The number of aldehydes is 1. The molecule has 1 N–H and O–H groups in total. The second-order valence-corrected chi connectivity index (χ2v) is 1.97. The second-order valence-electron chi connectivity index (χ2n) is 1.97. The molecule has 2 heteroatoms. The largest absolute Gasteiger partial charge is 0.392 e. The summed E-state index contributed by atoms with van der Waals surface area (Å²) < 4.78 is 0. The highest BCUT2D eigenvalue weighted by atomic mass is 16.3. The van der Waals surface area contributed by atoms with Gasteiger partial charge >= 0.3 is 0 Å². The average molecular weight is 136 g/mol. The van der Waals surface area contributed by atoms with Gasteiger partial charge in [-0.3, -0.25) is 4.79 Å². The fraction of sp³-hybridized carbons (Fsp3) is 0.125. The minimum Gasteiger partial charge on any atom is -0.392 e. The van der Waals surface area contributed by atoms with E-state index in [0.29, 0.717) is 11.1 Å². The Hall–Kier alpha value is -1.15. The van der Waals surface area contributed by atoms with Gasteiger partial charge in [-0.25, -0.2) is 0 Å². The summed E-state index contributed by atoms with van der Waals surface area (Å²) >= 11 is 0. The Kier molecular flexibility index (Phi) is 2.18. The van der Waals surface area contributed by atoms with Crippen molar-refractivity contribution in [2.45, 2.75) is 6.61 Å². The highest BCUT2D eigenvalue weighted by Crippen LogP contribution is 2.04. The Bertz CT molecular complexity index is 230. The number of hydrogen-bond acceptors (Lipinski definition) is 2. The van der Waals surface area contributed by atoms with Crippen molar-refractivity contribution in [1.29, 1.82) is 0 Å². The van der Waals surface area contributed by atoms with Gasteiger partial charge in [0.25, 0.3) is 0 Å². The molecule has 1 rings (SSSR count). The number of hydrogen-bond donors (Lipinski definition) is 1. The molecule has 0 aliphatic carbocycles. The van der Waals surface area contributed by atoms with Crippen molar-refractivity contribution in [2.24, 2.45) is 0 Å². The molecular weight excluding hydrogens is 128 g/mol. The SMILES string of the molecule is O=Cc1ccccc1CO. The number of rotatable bonds is 2. The van der Waals surface area contributed by atoms with Crippen LogP contribution >= 0.6 is 0 Å². The first-order valence-corrected chi connectivity index (χ1v) is 3.02. The maximum atomic E-state index is 10.3. The number of carbonyl (C=O) groups excluding carboxylic acids is 1.